The summed E-state index contributed by atoms with van der Waals surface area (Å²) < 4.78 is 39.8. The van der Waals surface area contributed by atoms with Crippen molar-refractivity contribution in [3.63, 3.8) is 0 Å². The molecule has 3 aromatic rings. The molecule has 136 valence electrons. The first-order valence-electron chi connectivity index (χ1n) is 7.52. The molecule has 0 aliphatic heterocycles. The molecule has 9 nitrogen and oxygen atoms in total. The van der Waals surface area contributed by atoms with Gasteiger partial charge in [0.1, 0.15) is 5.75 Å². The Morgan fingerprint density at radius 2 is 1.96 bits per heavy atom. The van der Waals surface area contributed by atoms with Crippen LogP contribution in [0.4, 0.5) is 6.01 Å². The number of rotatable bonds is 7. The van der Waals surface area contributed by atoms with Crippen LogP contribution in [0.25, 0.3) is 11.7 Å². The maximum atomic E-state index is 12.3. The Morgan fingerprint density at radius 3 is 2.62 bits per heavy atom. The standard InChI is InChI=1S/C16H15N3O6S/c1-23-11-4-6-12(7-5-11)26(21,22)10-8-14(20)17-16-19-18-15(25-16)13-3-2-9-24-13/h2-7,9H,8,10H2,1H3,(H,17,19,20). The van der Waals surface area contributed by atoms with Crippen molar-refractivity contribution in [2.24, 2.45) is 0 Å². The number of furan rings is 1. The summed E-state index contributed by atoms with van der Waals surface area (Å²) in [5, 5.41) is 9.75. The molecule has 2 aromatic heterocycles. The van der Waals surface area contributed by atoms with Crippen molar-refractivity contribution >= 4 is 21.8 Å². The van der Waals surface area contributed by atoms with Crippen molar-refractivity contribution in [2.75, 3.05) is 18.2 Å². The molecule has 26 heavy (non-hydrogen) atoms. The molecular weight excluding hydrogens is 362 g/mol. The Kier molecular flexibility index (Phi) is 5.03. The molecule has 0 fully saturated rings. The van der Waals surface area contributed by atoms with E-state index in [9.17, 15) is 13.2 Å². The molecule has 2 heterocycles. The van der Waals surface area contributed by atoms with Crippen LogP contribution in [0.2, 0.25) is 0 Å². The van der Waals surface area contributed by atoms with Gasteiger partial charge in [-0.3, -0.25) is 10.1 Å². The summed E-state index contributed by atoms with van der Waals surface area (Å²) in [4.78, 5) is 12.1. The summed E-state index contributed by atoms with van der Waals surface area (Å²) in [5.41, 5.74) is 0. The highest BCUT2D eigenvalue weighted by molar-refractivity contribution is 7.91. The minimum absolute atomic E-state index is 0.108. The zero-order valence-corrected chi connectivity index (χ0v) is 14.5. The zero-order valence-electron chi connectivity index (χ0n) is 13.7. The number of amides is 1. The Morgan fingerprint density at radius 1 is 1.19 bits per heavy atom. The highest BCUT2D eigenvalue weighted by Crippen LogP contribution is 2.20. The molecule has 3 rings (SSSR count). The normalized spacial score (nSPS) is 11.3. The number of nitrogens with zero attached hydrogens (tertiary/aromatic N) is 2. The number of anilines is 1. The van der Waals surface area contributed by atoms with E-state index in [1.54, 1.807) is 24.3 Å². The second-order valence-corrected chi connectivity index (χ2v) is 7.29. The van der Waals surface area contributed by atoms with Gasteiger partial charge in [-0.25, -0.2) is 8.42 Å². The molecule has 0 spiro atoms. The third kappa shape index (κ3) is 4.09. The van der Waals surface area contributed by atoms with E-state index in [1.807, 2.05) is 0 Å². The van der Waals surface area contributed by atoms with Crippen molar-refractivity contribution in [1.29, 1.82) is 0 Å². The largest absolute Gasteiger partial charge is 0.497 e. The molecule has 0 radical (unpaired) electrons. The third-order valence-corrected chi connectivity index (χ3v) is 5.15. The van der Waals surface area contributed by atoms with Crippen molar-refractivity contribution < 1.29 is 26.8 Å². The molecule has 0 aliphatic rings. The lowest BCUT2D eigenvalue weighted by Gasteiger charge is -2.05. The summed E-state index contributed by atoms with van der Waals surface area (Å²) in [6.07, 6.45) is 1.19. The van der Waals surface area contributed by atoms with Crippen LogP contribution in [-0.2, 0) is 14.6 Å². The summed E-state index contributed by atoms with van der Waals surface area (Å²) in [5.74, 6) is 0.100. The predicted octanol–water partition coefficient (Wildman–Crippen LogP) is 2.14. The number of benzene rings is 1. The van der Waals surface area contributed by atoms with Gasteiger partial charge in [-0.15, -0.1) is 5.10 Å². The molecule has 1 amide bonds. The van der Waals surface area contributed by atoms with Gasteiger partial charge in [0.15, 0.2) is 15.6 Å². The van der Waals surface area contributed by atoms with Crippen LogP contribution in [-0.4, -0.2) is 37.4 Å². The first-order chi connectivity index (χ1) is 12.5. The van der Waals surface area contributed by atoms with Gasteiger partial charge in [-0.2, -0.15) is 0 Å². The van der Waals surface area contributed by atoms with E-state index in [0.717, 1.165) is 0 Å². The monoisotopic (exact) mass is 377 g/mol. The number of hydrogen-bond donors (Lipinski definition) is 1. The van der Waals surface area contributed by atoms with Crippen LogP contribution in [0.15, 0.2) is 56.4 Å². The number of sulfone groups is 1. The van der Waals surface area contributed by atoms with E-state index in [0.29, 0.717) is 11.5 Å². The van der Waals surface area contributed by atoms with Crippen LogP contribution in [0.5, 0.6) is 5.75 Å². The van der Waals surface area contributed by atoms with Crippen LogP contribution >= 0.6 is 0 Å². The highest BCUT2D eigenvalue weighted by atomic mass is 32.2. The number of methoxy groups -OCH3 is 1. The van der Waals surface area contributed by atoms with Crippen LogP contribution in [0.3, 0.4) is 0 Å². The average molecular weight is 377 g/mol. The minimum Gasteiger partial charge on any atom is -0.497 e. The second kappa shape index (κ2) is 7.40. The summed E-state index contributed by atoms with van der Waals surface area (Å²) in [6, 6.07) is 9.09. The summed E-state index contributed by atoms with van der Waals surface area (Å²) >= 11 is 0. The molecular formula is C16H15N3O6S. The molecule has 0 saturated heterocycles. The molecule has 0 unspecified atom stereocenters. The number of aromatic nitrogens is 2. The quantitative estimate of drug-likeness (QED) is 0.664. The smallest absolute Gasteiger partial charge is 0.322 e. The van der Waals surface area contributed by atoms with Gasteiger partial charge < -0.3 is 13.6 Å². The number of carbonyl (C=O) groups is 1. The van der Waals surface area contributed by atoms with Gasteiger partial charge in [0.05, 0.1) is 24.0 Å². The fraction of sp³-hybridized carbons (Fsp3) is 0.188. The molecule has 0 aliphatic carbocycles. The maximum absolute atomic E-state index is 12.3. The maximum Gasteiger partial charge on any atom is 0.322 e. The average Bonchev–Trinajstić information content (AvgIpc) is 3.32. The Labute approximate surface area is 148 Å². The van der Waals surface area contributed by atoms with Crippen molar-refractivity contribution in [1.82, 2.24) is 10.2 Å². The molecule has 1 aromatic carbocycles. The van der Waals surface area contributed by atoms with Gasteiger partial charge in [-0.05, 0) is 36.4 Å². The van der Waals surface area contributed by atoms with Crippen molar-refractivity contribution in [2.45, 2.75) is 11.3 Å². The van der Waals surface area contributed by atoms with Crippen LogP contribution in [0.1, 0.15) is 6.42 Å². The molecule has 0 saturated carbocycles. The Hall–Kier alpha value is -3.14. The molecule has 0 bridgehead atoms. The lowest BCUT2D eigenvalue weighted by molar-refractivity contribution is -0.115. The van der Waals surface area contributed by atoms with Crippen molar-refractivity contribution in [3.8, 4) is 17.4 Å². The highest BCUT2D eigenvalue weighted by Gasteiger charge is 2.18. The van der Waals surface area contributed by atoms with E-state index >= 15 is 0 Å². The van der Waals surface area contributed by atoms with Crippen LogP contribution < -0.4 is 10.1 Å². The van der Waals surface area contributed by atoms with Gasteiger partial charge in [0.25, 0.3) is 5.89 Å². The third-order valence-electron chi connectivity index (χ3n) is 3.42. The number of nitrogens with one attached hydrogen (secondary N) is 1. The Balaban J connectivity index is 1.58. The van der Waals surface area contributed by atoms with Crippen LogP contribution in [0, 0.1) is 0 Å². The first kappa shape index (κ1) is 17.7. The van der Waals surface area contributed by atoms with E-state index in [-0.39, 0.29) is 29.0 Å². The Bertz CT molecular complexity index is 977. The molecule has 1 N–H and O–H groups in total. The van der Waals surface area contributed by atoms with Gasteiger partial charge in [0, 0.05) is 6.42 Å². The minimum atomic E-state index is -3.60. The molecule has 10 heteroatoms. The van der Waals surface area contributed by atoms with E-state index in [2.05, 4.69) is 15.5 Å². The van der Waals surface area contributed by atoms with E-state index in [4.69, 9.17) is 13.6 Å². The van der Waals surface area contributed by atoms with Gasteiger partial charge in [-0.1, -0.05) is 5.10 Å². The number of hydrogen-bond acceptors (Lipinski definition) is 8. The predicted molar refractivity (Wildman–Crippen MR) is 90.3 cm³/mol. The number of carbonyl (C=O) groups excluding carboxylic acids is 1. The van der Waals surface area contributed by atoms with E-state index in [1.165, 1.54) is 25.5 Å². The lowest BCUT2D eigenvalue weighted by atomic mass is 10.3. The fourth-order valence-electron chi connectivity index (χ4n) is 2.08. The summed E-state index contributed by atoms with van der Waals surface area (Å²) in [6.45, 7) is 0. The van der Waals surface area contributed by atoms with Crippen molar-refractivity contribution in [3.05, 3.63) is 42.7 Å². The lowest BCUT2D eigenvalue weighted by Crippen LogP contribution is -2.17. The fourth-order valence-corrected chi connectivity index (χ4v) is 3.32. The summed E-state index contributed by atoms with van der Waals surface area (Å²) in [7, 11) is -2.11. The first-order valence-corrected chi connectivity index (χ1v) is 9.17. The van der Waals surface area contributed by atoms with E-state index < -0.39 is 15.7 Å². The SMILES string of the molecule is COc1ccc(S(=O)(=O)CCC(=O)Nc2nnc(-c3ccco3)o2)cc1. The molecule has 0 atom stereocenters. The van der Waals surface area contributed by atoms with Gasteiger partial charge in [0.2, 0.25) is 5.91 Å². The number of ether oxygens (including phenoxy) is 1. The zero-order chi connectivity index (χ0) is 18.6. The topological polar surface area (TPSA) is 125 Å². The second-order valence-electron chi connectivity index (χ2n) is 5.18. The van der Waals surface area contributed by atoms with Gasteiger partial charge >= 0.3 is 6.01 Å².